The first kappa shape index (κ1) is 15.8. The van der Waals surface area contributed by atoms with Gasteiger partial charge in [-0.1, -0.05) is 18.2 Å². The molecule has 0 aliphatic carbocycles. The first-order valence-corrected chi connectivity index (χ1v) is 8.15. The fourth-order valence-electron chi connectivity index (χ4n) is 3.65. The summed E-state index contributed by atoms with van der Waals surface area (Å²) in [5.41, 5.74) is 1.81. The Bertz CT molecular complexity index is 789. The quantitative estimate of drug-likeness (QED) is 0.901. The van der Waals surface area contributed by atoms with Crippen LogP contribution in [-0.4, -0.2) is 26.4 Å². The van der Waals surface area contributed by atoms with Gasteiger partial charge >= 0.3 is 0 Å². The molecular formula is C19H18NO5-. The standard InChI is InChI=1S/C19H19NO5/c1-23-13-5-2-11(3-6-13)18-17(19(21)22)14(9-20-18)12-4-7-15-16(8-12)25-10-24-15/h2-8,14,17-18,20H,9-10H2,1H3,(H,21,22)/p-1. The monoisotopic (exact) mass is 340 g/mol. The van der Waals surface area contributed by atoms with Gasteiger partial charge in [0.05, 0.1) is 7.11 Å². The molecule has 2 aliphatic heterocycles. The number of rotatable bonds is 4. The second-order valence-electron chi connectivity index (χ2n) is 6.22. The Morgan fingerprint density at radius 1 is 1.12 bits per heavy atom. The van der Waals surface area contributed by atoms with E-state index in [0.29, 0.717) is 18.0 Å². The van der Waals surface area contributed by atoms with Crippen LogP contribution in [0.3, 0.4) is 0 Å². The minimum absolute atomic E-state index is 0.195. The summed E-state index contributed by atoms with van der Waals surface area (Å²) in [5, 5.41) is 15.2. The molecule has 1 fully saturated rings. The molecule has 25 heavy (non-hydrogen) atoms. The lowest BCUT2D eigenvalue weighted by molar-refractivity contribution is -0.312. The summed E-state index contributed by atoms with van der Waals surface area (Å²) in [7, 11) is 1.60. The minimum atomic E-state index is -1.06. The lowest BCUT2D eigenvalue weighted by Gasteiger charge is -2.26. The van der Waals surface area contributed by atoms with E-state index in [2.05, 4.69) is 5.32 Å². The summed E-state index contributed by atoms with van der Waals surface area (Å²) in [5.74, 6) is 0.141. The van der Waals surface area contributed by atoms with Crippen molar-refractivity contribution in [2.24, 2.45) is 5.92 Å². The molecular weight excluding hydrogens is 322 g/mol. The number of benzene rings is 2. The van der Waals surface area contributed by atoms with Gasteiger partial charge in [0, 0.05) is 30.4 Å². The van der Waals surface area contributed by atoms with E-state index in [1.54, 1.807) is 7.11 Å². The van der Waals surface area contributed by atoms with Crippen LogP contribution in [-0.2, 0) is 4.79 Å². The number of carboxylic acids is 1. The average molecular weight is 340 g/mol. The Morgan fingerprint density at radius 2 is 1.84 bits per heavy atom. The molecule has 3 atom stereocenters. The topological polar surface area (TPSA) is 79.8 Å². The predicted octanol–water partition coefficient (Wildman–Crippen LogP) is 1.22. The van der Waals surface area contributed by atoms with Crippen LogP contribution < -0.4 is 24.6 Å². The minimum Gasteiger partial charge on any atom is -0.550 e. The Labute approximate surface area is 145 Å². The molecule has 4 rings (SSSR count). The van der Waals surface area contributed by atoms with Crippen LogP contribution in [0.25, 0.3) is 0 Å². The summed E-state index contributed by atoms with van der Waals surface area (Å²) in [6.45, 7) is 0.745. The highest BCUT2D eigenvalue weighted by Gasteiger charge is 2.39. The number of hydrogen-bond donors (Lipinski definition) is 1. The highest BCUT2D eigenvalue weighted by molar-refractivity contribution is 5.71. The van der Waals surface area contributed by atoms with E-state index < -0.39 is 11.9 Å². The van der Waals surface area contributed by atoms with Gasteiger partial charge in [0.2, 0.25) is 6.79 Å². The molecule has 0 radical (unpaired) electrons. The maximum absolute atomic E-state index is 11.9. The van der Waals surface area contributed by atoms with Crippen LogP contribution in [0.15, 0.2) is 42.5 Å². The smallest absolute Gasteiger partial charge is 0.231 e. The largest absolute Gasteiger partial charge is 0.550 e. The van der Waals surface area contributed by atoms with Crippen LogP contribution in [0.2, 0.25) is 0 Å². The average Bonchev–Trinajstić information content (AvgIpc) is 3.27. The van der Waals surface area contributed by atoms with Gasteiger partial charge in [0.15, 0.2) is 11.5 Å². The lowest BCUT2D eigenvalue weighted by Crippen LogP contribution is -2.37. The number of methoxy groups -OCH3 is 1. The van der Waals surface area contributed by atoms with E-state index in [1.165, 1.54) is 0 Å². The SMILES string of the molecule is COc1ccc(C2NCC(c3ccc4c(c3)OCO4)C2C(=O)[O-])cc1. The van der Waals surface area contributed by atoms with Gasteiger partial charge in [-0.05, 0) is 35.4 Å². The highest BCUT2D eigenvalue weighted by atomic mass is 16.7. The van der Waals surface area contributed by atoms with Gasteiger partial charge in [-0.15, -0.1) is 0 Å². The van der Waals surface area contributed by atoms with E-state index >= 15 is 0 Å². The third kappa shape index (κ3) is 2.78. The molecule has 0 amide bonds. The zero-order chi connectivity index (χ0) is 17.4. The predicted molar refractivity (Wildman–Crippen MR) is 87.5 cm³/mol. The zero-order valence-electron chi connectivity index (χ0n) is 13.7. The third-order valence-corrected chi connectivity index (χ3v) is 4.92. The van der Waals surface area contributed by atoms with Gasteiger partial charge in [0.25, 0.3) is 0 Å². The molecule has 2 aromatic rings. The number of carbonyl (C=O) groups is 1. The zero-order valence-corrected chi connectivity index (χ0v) is 13.7. The molecule has 1 N–H and O–H groups in total. The Kier molecular flexibility index (Phi) is 3.97. The molecule has 3 unspecified atom stereocenters. The first-order chi connectivity index (χ1) is 12.2. The van der Waals surface area contributed by atoms with Crippen LogP contribution in [0.1, 0.15) is 23.1 Å². The van der Waals surface area contributed by atoms with Crippen LogP contribution in [0.5, 0.6) is 17.2 Å². The van der Waals surface area contributed by atoms with Gasteiger partial charge in [0.1, 0.15) is 5.75 Å². The lowest BCUT2D eigenvalue weighted by atomic mass is 9.83. The molecule has 6 nitrogen and oxygen atoms in total. The first-order valence-electron chi connectivity index (χ1n) is 8.15. The van der Waals surface area contributed by atoms with Gasteiger partial charge in [-0.25, -0.2) is 0 Å². The number of fused-ring (bicyclic) bond motifs is 1. The molecule has 0 saturated carbocycles. The van der Waals surface area contributed by atoms with Crippen molar-refractivity contribution in [3.8, 4) is 17.2 Å². The van der Waals surface area contributed by atoms with E-state index in [0.717, 1.165) is 16.9 Å². The second kappa shape index (κ2) is 6.29. The molecule has 6 heteroatoms. The molecule has 0 bridgehead atoms. The fourth-order valence-corrected chi connectivity index (χ4v) is 3.65. The summed E-state index contributed by atoms with van der Waals surface area (Å²) in [4.78, 5) is 11.9. The summed E-state index contributed by atoms with van der Waals surface area (Å²) >= 11 is 0. The fraction of sp³-hybridized carbons (Fsp3) is 0.316. The van der Waals surface area contributed by atoms with Crippen molar-refractivity contribution in [2.75, 3.05) is 20.4 Å². The maximum atomic E-state index is 11.9. The van der Waals surface area contributed by atoms with Crippen molar-refractivity contribution >= 4 is 5.97 Å². The normalized spacial score (nSPS) is 24.3. The van der Waals surface area contributed by atoms with Crippen molar-refractivity contribution in [1.82, 2.24) is 5.32 Å². The third-order valence-electron chi connectivity index (χ3n) is 4.92. The Hall–Kier alpha value is -2.73. The molecule has 2 heterocycles. The number of ether oxygens (including phenoxy) is 3. The number of hydrogen-bond acceptors (Lipinski definition) is 6. The van der Waals surface area contributed by atoms with Crippen molar-refractivity contribution in [2.45, 2.75) is 12.0 Å². The van der Waals surface area contributed by atoms with E-state index in [-0.39, 0.29) is 18.8 Å². The van der Waals surface area contributed by atoms with E-state index in [1.807, 2.05) is 42.5 Å². The van der Waals surface area contributed by atoms with Crippen molar-refractivity contribution < 1.29 is 24.1 Å². The van der Waals surface area contributed by atoms with Gasteiger partial charge in [-0.3, -0.25) is 0 Å². The molecule has 0 aromatic heterocycles. The summed E-state index contributed by atoms with van der Waals surface area (Å²) < 4.78 is 15.9. The van der Waals surface area contributed by atoms with Crippen LogP contribution in [0.4, 0.5) is 0 Å². The second-order valence-corrected chi connectivity index (χ2v) is 6.22. The molecule has 2 aliphatic rings. The van der Waals surface area contributed by atoms with Crippen molar-refractivity contribution in [3.05, 3.63) is 53.6 Å². The molecule has 0 spiro atoms. The van der Waals surface area contributed by atoms with E-state index in [4.69, 9.17) is 14.2 Å². The molecule has 2 aromatic carbocycles. The van der Waals surface area contributed by atoms with Crippen molar-refractivity contribution in [3.63, 3.8) is 0 Å². The van der Waals surface area contributed by atoms with Crippen LogP contribution in [0, 0.1) is 5.92 Å². The Balaban J connectivity index is 1.64. The van der Waals surface area contributed by atoms with Gasteiger partial charge < -0.3 is 29.4 Å². The molecule has 1 saturated heterocycles. The molecule has 130 valence electrons. The Morgan fingerprint density at radius 3 is 2.56 bits per heavy atom. The van der Waals surface area contributed by atoms with E-state index in [9.17, 15) is 9.90 Å². The maximum Gasteiger partial charge on any atom is 0.231 e. The number of carbonyl (C=O) groups excluding carboxylic acids is 1. The highest BCUT2D eigenvalue weighted by Crippen LogP contribution is 2.42. The number of carboxylic acid groups (broad SMARTS) is 1. The van der Waals surface area contributed by atoms with Crippen LogP contribution >= 0.6 is 0 Å². The number of aliphatic carboxylic acids is 1. The summed E-state index contributed by atoms with van der Waals surface area (Å²) in [6, 6.07) is 12.7. The summed E-state index contributed by atoms with van der Waals surface area (Å²) in [6.07, 6.45) is 0. The number of nitrogens with one attached hydrogen (secondary N) is 1. The van der Waals surface area contributed by atoms with Gasteiger partial charge in [-0.2, -0.15) is 0 Å². The van der Waals surface area contributed by atoms with Crippen molar-refractivity contribution in [1.29, 1.82) is 0 Å².